The number of furan rings is 1. The second-order valence-corrected chi connectivity index (χ2v) is 5.95. The van der Waals surface area contributed by atoms with Gasteiger partial charge in [-0.05, 0) is 36.8 Å². The predicted octanol–water partition coefficient (Wildman–Crippen LogP) is 3.99. The number of ketones is 2. The zero-order valence-corrected chi connectivity index (χ0v) is 13.0. The minimum Gasteiger partial charge on any atom is -0.461 e. The highest BCUT2D eigenvalue weighted by atomic mass is 19.4. The number of nitrogens with zero attached hydrogens (tertiary/aromatic N) is 1. The standard InChI is InChI=1S/C18H12F3NO3/c1-10(23)17(9-22)14(15(17)16(24)13-3-2-8-25-13)11-4-6-12(7-5-11)18(19,20)21/h2-8,14-15H,1H3. The van der Waals surface area contributed by atoms with Gasteiger partial charge in [-0.2, -0.15) is 18.4 Å². The summed E-state index contributed by atoms with van der Waals surface area (Å²) in [4.78, 5) is 24.6. The maximum atomic E-state index is 12.7. The van der Waals surface area contributed by atoms with Gasteiger partial charge in [0.2, 0.25) is 5.78 Å². The Hall–Kier alpha value is -2.88. The molecule has 0 spiro atoms. The molecule has 0 radical (unpaired) electrons. The first-order valence-corrected chi connectivity index (χ1v) is 7.40. The quantitative estimate of drug-likeness (QED) is 0.784. The molecule has 128 valence electrons. The van der Waals surface area contributed by atoms with E-state index in [4.69, 9.17) is 4.42 Å². The Kier molecular flexibility index (Phi) is 3.79. The number of benzene rings is 1. The Morgan fingerprint density at radius 3 is 2.28 bits per heavy atom. The summed E-state index contributed by atoms with van der Waals surface area (Å²) in [6.07, 6.45) is -3.19. The molecule has 2 aromatic rings. The SMILES string of the molecule is CC(=O)C1(C#N)C(C(=O)c2ccco2)C1c1ccc(C(F)(F)F)cc1. The molecule has 1 aliphatic rings. The monoisotopic (exact) mass is 347 g/mol. The highest BCUT2D eigenvalue weighted by molar-refractivity contribution is 6.07. The van der Waals surface area contributed by atoms with Crippen molar-refractivity contribution in [3.8, 4) is 6.07 Å². The lowest BCUT2D eigenvalue weighted by Crippen LogP contribution is -2.17. The van der Waals surface area contributed by atoms with Crippen molar-refractivity contribution in [3.63, 3.8) is 0 Å². The van der Waals surface area contributed by atoms with Gasteiger partial charge in [0.1, 0.15) is 5.41 Å². The molecule has 3 rings (SSSR count). The van der Waals surface area contributed by atoms with Gasteiger partial charge in [-0.25, -0.2) is 0 Å². The second-order valence-electron chi connectivity index (χ2n) is 5.95. The van der Waals surface area contributed by atoms with E-state index < -0.39 is 40.6 Å². The topological polar surface area (TPSA) is 71.1 Å². The van der Waals surface area contributed by atoms with Crippen LogP contribution >= 0.6 is 0 Å². The minimum atomic E-state index is -4.49. The van der Waals surface area contributed by atoms with Gasteiger partial charge in [-0.1, -0.05) is 12.1 Å². The van der Waals surface area contributed by atoms with Gasteiger partial charge >= 0.3 is 6.18 Å². The maximum Gasteiger partial charge on any atom is 0.416 e. The molecule has 1 aliphatic carbocycles. The fourth-order valence-corrected chi connectivity index (χ4v) is 3.31. The molecule has 1 aromatic carbocycles. The highest BCUT2D eigenvalue weighted by Gasteiger charge is 2.72. The molecule has 3 atom stereocenters. The largest absolute Gasteiger partial charge is 0.461 e. The highest BCUT2D eigenvalue weighted by Crippen LogP contribution is 2.66. The van der Waals surface area contributed by atoms with Crippen LogP contribution in [0.15, 0.2) is 47.1 Å². The fraction of sp³-hybridized carbons (Fsp3) is 0.278. The molecule has 1 aromatic heterocycles. The van der Waals surface area contributed by atoms with E-state index in [1.807, 2.05) is 6.07 Å². The molecule has 0 bridgehead atoms. The number of nitriles is 1. The van der Waals surface area contributed by atoms with Crippen LogP contribution in [0, 0.1) is 22.7 Å². The zero-order chi connectivity index (χ0) is 18.4. The van der Waals surface area contributed by atoms with Gasteiger partial charge in [0, 0.05) is 5.92 Å². The van der Waals surface area contributed by atoms with Crippen molar-refractivity contribution in [3.05, 3.63) is 59.5 Å². The average molecular weight is 347 g/mol. The third-order valence-corrected chi connectivity index (χ3v) is 4.62. The Balaban J connectivity index is 2.00. The summed E-state index contributed by atoms with van der Waals surface area (Å²) < 4.78 is 43.1. The van der Waals surface area contributed by atoms with Gasteiger partial charge in [-0.15, -0.1) is 0 Å². The summed E-state index contributed by atoms with van der Waals surface area (Å²) >= 11 is 0. The minimum absolute atomic E-state index is 0.0142. The summed E-state index contributed by atoms with van der Waals surface area (Å²) in [7, 11) is 0. The van der Waals surface area contributed by atoms with Crippen molar-refractivity contribution >= 4 is 11.6 Å². The normalized spacial score (nSPS) is 25.2. The van der Waals surface area contributed by atoms with Crippen LogP contribution in [0.3, 0.4) is 0 Å². The summed E-state index contributed by atoms with van der Waals surface area (Å²) in [5.41, 5.74) is -2.07. The molecular weight excluding hydrogens is 335 g/mol. The van der Waals surface area contributed by atoms with Crippen LogP contribution in [0.2, 0.25) is 0 Å². The number of carbonyl (C=O) groups is 2. The van der Waals surface area contributed by atoms with Crippen molar-refractivity contribution in [2.45, 2.75) is 19.0 Å². The number of halogens is 3. The first-order chi connectivity index (χ1) is 11.7. The Morgan fingerprint density at radius 2 is 1.84 bits per heavy atom. The van der Waals surface area contributed by atoms with E-state index in [0.29, 0.717) is 5.56 Å². The van der Waals surface area contributed by atoms with Crippen LogP contribution in [0.4, 0.5) is 13.2 Å². The molecule has 0 saturated heterocycles. The number of hydrogen-bond donors (Lipinski definition) is 0. The van der Waals surface area contributed by atoms with E-state index in [9.17, 15) is 28.0 Å². The number of hydrogen-bond acceptors (Lipinski definition) is 4. The summed E-state index contributed by atoms with van der Waals surface area (Å²) in [5.74, 6) is -2.76. The van der Waals surface area contributed by atoms with E-state index in [1.54, 1.807) is 0 Å². The van der Waals surface area contributed by atoms with Crippen LogP contribution in [-0.4, -0.2) is 11.6 Å². The Labute approximate surface area is 140 Å². The van der Waals surface area contributed by atoms with Gasteiger partial charge in [0.15, 0.2) is 11.5 Å². The van der Waals surface area contributed by atoms with Crippen molar-refractivity contribution in [2.75, 3.05) is 0 Å². The zero-order valence-electron chi connectivity index (χ0n) is 13.0. The Bertz CT molecular complexity index is 862. The molecule has 1 saturated carbocycles. The lowest BCUT2D eigenvalue weighted by atomic mass is 9.95. The van der Waals surface area contributed by atoms with E-state index in [0.717, 1.165) is 12.1 Å². The van der Waals surface area contributed by atoms with Crippen molar-refractivity contribution in [1.82, 2.24) is 0 Å². The van der Waals surface area contributed by atoms with Crippen LogP contribution in [0.5, 0.6) is 0 Å². The summed E-state index contributed by atoms with van der Waals surface area (Å²) in [5, 5.41) is 9.53. The fourth-order valence-electron chi connectivity index (χ4n) is 3.31. The van der Waals surface area contributed by atoms with E-state index in [1.165, 1.54) is 37.5 Å². The lowest BCUT2D eigenvalue weighted by Gasteiger charge is -2.08. The molecule has 25 heavy (non-hydrogen) atoms. The summed E-state index contributed by atoms with van der Waals surface area (Å²) in [6, 6.07) is 9.00. The predicted molar refractivity (Wildman–Crippen MR) is 79.4 cm³/mol. The molecule has 1 fully saturated rings. The van der Waals surface area contributed by atoms with Crippen molar-refractivity contribution in [1.29, 1.82) is 5.26 Å². The van der Waals surface area contributed by atoms with E-state index >= 15 is 0 Å². The van der Waals surface area contributed by atoms with Gasteiger partial charge < -0.3 is 4.42 Å². The first kappa shape index (κ1) is 17.0. The van der Waals surface area contributed by atoms with Gasteiger partial charge in [0.25, 0.3) is 0 Å². The molecule has 0 amide bonds. The van der Waals surface area contributed by atoms with Crippen molar-refractivity contribution < 1.29 is 27.2 Å². The van der Waals surface area contributed by atoms with Crippen LogP contribution < -0.4 is 0 Å². The smallest absolute Gasteiger partial charge is 0.416 e. The van der Waals surface area contributed by atoms with Crippen LogP contribution in [-0.2, 0) is 11.0 Å². The number of alkyl halides is 3. The average Bonchev–Trinajstić information content (AvgIpc) is 2.94. The molecule has 0 N–H and O–H groups in total. The molecule has 4 nitrogen and oxygen atoms in total. The third-order valence-electron chi connectivity index (χ3n) is 4.62. The number of rotatable bonds is 4. The lowest BCUT2D eigenvalue weighted by molar-refractivity contribution is -0.137. The molecule has 1 heterocycles. The second kappa shape index (κ2) is 5.59. The van der Waals surface area contributed by atoms with Gasteiger partial charge in [-0.3, -0.25) is 9.59 Å². The maximum absolute atomic E-state index is 12.7. The molecule has 3 unspecified atom stereocenters. The van der Waals surface area contributed by atoms with E-state index in [-0.39, 0.29) is 5.76 Å². The van der Waals surface area contributed by atoms with Crippen LogP contribution in [0.1, 0.15) is 34.5 Å². The number of Topliss-reactive ketones (excluding diaryl/α,β-unsaturated/α-hetero) is 2. The molecular formula is C18H12F3NO3. The molecule has 7 heteroatoms. The van der Waals surface area contributed by atoms with Crippen LogP contribution in [0.25, 0.3) is 0 Å². The van der Waals surface area contributed by atoms with Crippen molar-refractivity contribution in [2.24, 2.45) is 11.3 Å². The van der Waals surface area contributed by atoms with Gasteiger partial charge in [0.05, 0.1) is 23.8 Å². The Morgan fingerprint density at radius 1 is 1.20 bits per heavy atom. The van der Waals surface area contributed by atoms with E-state index in [2.05, 4.69) is 0 Å². The number of carbonyl (C=O) groups excluding carboxylic acids is 2. The summed E-state index contributed by atoms with van der Waals surface area (Å²) in [6.45, 7) is 1.20. The third kappa shape index (κ3) is 2.54. The molecule has 0 aliphatic heterocycles. The first-order valence-electron chi connectivity index (χ1n) is 7.40.